The molecule has 0 atom stereocenters. The Morgan fingerprint density at radius 3 is 1.07 bits per heavy atom. The Morgan fingerprint density at radius 1 is 0.489 bits per heavy atom. The van der Waals surface area contributed by atoms with E-state index in [1.807, 2.05) is 12.1 Å². The summed E-state index contributed by atoms with van der Waals surface area (Å²) >= 11 is 0. The molecule has 9 N–H and O–H groups in total. The number of rotatable bonds is 12. The molecule has 249 valence electrons. The van der Waals surface area contributed by atoms with Crippen LogP contribution in [0.15, 0.2) is 109 Å². The van der Waals surface area contributed by atoms with E-state index in [9.17, 15) is 28.6 Å². The third-order valence-corrected chi connectivity index (χ3v) is 5.52. The van der Waals surface area contributed by atoms with Crippen molar-refractivity contribution in [2.75, 3.05) is 26.2 Å². The molecular weight excluding hydrogens is 640 g/mol. The molecule has 0 heterocycles. The molecule has 45 heavy (non-hydrogen) atoms. The molecule has 4 aromatic rings. The minimum absolute atomic E-state index is 0. The van der Waals surface area contributed by atoms with Gasteiger partial charge in [0.05, 0.1) is 11.9 Å². The summed E-state index contributed by atoms with van der Waals surface area (Å²) in [6, 6.07) is 29.7. The molecule has 10 nitrogen and oxygen atoms in total. The molecule has 0 unspecified atom stereocenters. The Hall–Kier alpha value is -4.04. The molecule has 0 aliphatic heterocycles. The molecule has 13 heteroatoms. The number of carboxylic acids is 2. The Morgan fingerprint density at radius 2 is 0.778 bits per heavy atom. The van der Waals surface area contributed by atoms with Gasteiger partial charge >= 0.3 is 17.1 Å². The summed E-state index contributed by atoms with van der Waals surface area (Å²) in [6.45, 7) is 4.19. The first-order valence-corrected chi connectivity index (χ1v) is 13.0. The molecule has 0 spiro atoms. The van der Waals surface area contributed by atoms with Gasteiger partial charge in [-0.1, -0.05) is 97.1 Å². The number of carboxylic acid groups (broad SMARTS) is 2. The average molecular weight is 679 g/mol. The Labute approximate surface area is 271 Å². The first-order chi connectivity index (χ1) is 19.9. The number of aromatic carboxylic acids is 2. The van der Waals surface area contributed by atoms with Crippen molar-refractivity contribution in [2.45, 2.75) is 13.1 Å². The van der Waals surface area contributed by atoms with Gasteiger partial charge in [0.2, 0.25) is 0 Å². The van der Waals surface area contributed by atoms with E-state index in [2.05, 4.69) is 16.0 Å². The Balaban J connectivity index is -0.000000668. The van der Waals surface area contributed by atoms with E-state index in [0.717, 1.165) is 26.2 Å². The molecule has 0 fully saturated rings. The van der Waals surface area contributed by atoms with Crippen molar-refractivity contribution >= 4 is 11.9 Å². The number of hydrogen-bond donors (Lipinski definition) is 3. The van der Waals surface area contributed by atoms with Crippen LogP contribution in [0.3, 0.4) is 0 Å². The van der Waals surface area contributed by atoms with Crippen molar-refractivity contribution < 1.29 is 62.1 Å². The molecule has 4 rings (SSSR count). The molecule has 4 aromatic carbocycles. The maximum Gasteiger partial charge on any atom is 2.00 e. The van der Waals surface area contributed by atoms with E-state index in [0.29, 0.717) is 24.2 Å². The van der Waals surface area contributed by atoms with Gasteiger partial charge in [-0.2, -0.15) is 0 Å². The van der Waals surface area contributed by atoms with Crippen molar-refractivity contribution in [3.63, 3.8) is 0 Å². The molecule has 0 bridgehead atoms. The monoisotopic (exact) mass is 678 g/mol. The Bertz CT molecular complexity index is 1220. The zero-order valence-electron chi connectivity index (χ0n) is 24.3. The van der Waals surface area contributed by atoms with Crippen molar-refractivity contribution in [2.24, 2.45) is 0 Å². The minimum atomic E-state index is -1.13. The van der Waals surface area contributed by atoms with Crippen LogP contribution in [0.2, 0.25) is 0 Å². The van der Waals surface area contributed by atoms with Crippen LogP contribution in [0.4, 0.5) is 8.78 Å². The van der Waals surface area contributed by atoms with Gasteiger partial charge in [0.1, 0.15) is 11.6 Å². The predicted molar refractivity (Wildman–Crippen MR) is 161 cm³/mol. The van der Waals surface area contributed by atoms with Gasteiger partial charge in [-0.25, -0.2) is 8.78 Å². The smallest absolute Gasteiger partial charge is 0.545 e. The van der Waals surface area contributed by atoms with E-state index < -0.39 is 11.9 Å². The van der Waals surface area contributed by atoms with Gasteiger partial charge < -0.3 is 52.2 Å². The van der Waals surface area contributed by atoms with Crippen molar-refractivity contribution in [3.8, 4) is 0 Å². The number of halogens is 2. The van der Waals surface area contributed by atoms with Crippen LogP contribution in [0.25, 0.3) is 0 Å². The predicted octanol–water partition coefficient (Wildman–Crippen LogP) is 0.0574. The van der Waals surface area contributed by atoms with Gasteiger partial charge in [0.15, 0.2) is 0 Å². The van der Waals surface area contributed by atoms with Crippen LogP contribution in [0, 0.1) is 11.6 Å². The van der Waals surface area contributed by atoms with Crippen LogP contribution < -0.4 is 26.2 Å². The quantitative estimate of drug-likeness (QED) is 0.138. The first-order valence-electron chi connectivity index (χ1n) is 13.0. The van der Waals surface area contributed by atoms with E-state index >= 15 is 0 Å². The van der Waals surface area contributed by atoms with E-state index in [4.69, 9.17) is 0 Å². The molecule has 0 saturated carbocycles. The second-order valence-electron chi connectivity index (χ2n) is 8.59. The van der Waals surface area contributed by atoms with Crippen LogP contribution in [0.1, 0.15) is 31.8 Å². The molecule has 0 aromatic heterocycles. The summed E-state index contributed by atoms with van der Waals surface area (Å²) in [4.78, 5) is 20.2. The third kappa shape index (κ3) is 19.8. The summed E-state index contributed by atoms with van der Waals surface area (Å²) in [5, 5.41) is 29.8. The van der Waals surface area contributed by atoms with Crippen LogP contribution in [-0.2, 0) is 30.2 Å². The normalized spacial score (nSPS) is 9.11. The van der Waals surface area contributed by atoms with E-state index in [1.165, 1.54) is 36.4 Å². The third-order valence-electron chi connectivity index (χ3n) is 5.52. The molecule has 1 radical (unpaired) electrons. The molecule has 0 aliphatic carbocycles. The van der Waals surface area contributed by atoms with Crippen molar-refractivity contribution in [1.82, 2.24) is 16.0 Å². The maximum atomic E-state index is 13.4. The fourth-order valence-electron chi connectivity index (χ4n) is 3.36. The minimum Gasteiger partial charge on any atom is -0.545 e. The number of carbonyl (C=O) groups excluding carboxylic acids is 2. The SMILES string of the molecule is Fc1ccccc1CNCCNCCNCc1ccccc1F.O.O.O.O=C([O-])c1ccccc1.O=C([O-])c1ccccc1.[Cu+2]. The van der Waals surface area contributed by atoms with Gasteiger partial charge in [-0.05, 0) is 23.3 Å². The van der Waals surface area contributed by atoms with Crippen molar-refractivity contribution in [3.05, 3.63) is 143 Å². The fraction of sp³-hybridized carbons (Fsp3) is 0.188. The van der Waals surface area contributed by atoms with Crippen LogP contribution in [-0.4, -0.2) is 54.5 Å². The number of carbonyl (C=O) groups is 2. The molecule has 0 saturated heterocycles. The van der Waals surface area contributed by atoms with Crippen molar-refractivity contribution in [1.29, 1.82) is 0 Å². The summed E-state index contributed by atoms with van der Waals surface area (Å²) in [5.74, 6) is -2.61. The fourth-order valence-corrected chi connectivity index (χ4v) is 3.36. The van der Waals surface area contributed by atoms with E-state index in [1.54, 1.807) is 60.7 Å². The van der Waals surface area contributed by atoms with Gasteiger partial charge in [0, 0.05) is 50.4 Å². The van der Waals surface area contributed by atoms with Gasteiger partial charge in [0.25, 0.3) is 0 Å². The summed E-state index contributed by atoms with van der Waals surface area (Å²) in [6.07, 6.45) is 0. The Kier molecular flexibility index (Phi) is 27.7. The largest absolute Gasteiger partial charge is 2.00 e. The standard InChI is InChI=1S/C18H23F2N3.2C7H6O2.Cu.3H2O/c19-17-7-3-1-5-15(17)13-22-11-9-21-10-12-23-14-16-6-2-4-8-18(16)20;2*8-7(9)6-4-2-1-3-5-6;;;;/h1-8,21-23H,9-14H2;2*1-5H,(H,8,9);;3*1H2/q;;;+2;;;/p-2. The summed E-state index contributed by atoms with van der Waals surface area (Å²) < 4.78 is 26.8. The molecule has 0 amide bonds. The number of nitrogens with one attached hydrogen (secondary N) is 3. The summed E-state index contributed by atoms with van der Waals surface area (Å²) in [5.41, 5.74) is 1.80. The second-order valence-corrected chi connectivity index (χ2v) is 8.59. The maximum absolute atomic E-state index is 13.4. The zero-order valence-corrected chi connectivity index (χ0v) is 25.3. The number of benzene rings is 4. The van der Waals surface area contributed by atoms with Gasteiger partial charge in [-0.3, -0.25) is 0 Å². The van der Waals surface area contributed by atoms with Gasteiger partial charge in [-0.15, -0.1) is 0 Å². The molecular formula is C32H39CuF2N3O7. The van der Waals surface area contributed by atoms with Crippen LogP contribution in [0.5, 0.6) is 0 Å². The first kappa shape index (κ1) is 45.4. The zero-order chi connectivity index (χ0) is 29.7. The second kappa shape index (κ2) is 27.5. The van der Waals surface area contributed by atoms with Crippen LogP contribution >= 0.6 is 0 Å². The topological polar surface area (TPSA) is 211 Å². The molecule has 0 aliphatic rings. The average Bonchev–Trinajstić information content (AvgIpc) is 2.99. The van der Waals surface area contributed by atoms with E-state index in [-0.39, 0.29) is 56.3 Å². The summed E-state index contributed by atoms with van der Waals surface area (Å²) in [7, 11) is 0. The number of hydrogen-bond acceptors (Lipinski definition) is 7.